The fourth-order valence-corrected chi connectivity index (χ4v) is 4.27. The van der Waals surface area contributed by atoms with E-state index in [-0.39, 0.29) is 23.9 Å². The maximum absolute atomic E-state index is 12.9. The molecule has 8 heteroatoms. The maximum atomic E-state index is 12.9. The predicted octanol–water partition coefficient (Wildman–Crippen LogP) is 3.26. The Morgan fingerprint density at radius 1 is 1.19 bits per heavy atom. The second-order valence-electron chi connectivity index (χ2n) is 5.62. The van der Waals surface area contributed by atoms with E-state index in [1.165, 1.54) is 13.2 Å². The molecule has 0 atom stereocenters. The normalized spacial score (nSPS) is 11.4. The first-order valence-corrected chi connectivity index (χ1v) is 10.5. The fraction of sp³-hybridized carbons (Fsp3) is 0.278. The smallest absolute Gasteiger partial charge is 0.243 e. The molecular formula is C18H21IN2O4S. The second kappa shape index (κ2) is 8.83. The first kappa shape index (κ1) is 20.7. The molecule has 0 fully saturated rings. The summed E-state index contributed by atoms with van der Waals surface area (Å²) in [5, 5.41) is 2.72. The van der Waals surface area contributed by atoms with Crippen molar-refractivity contribution in [2.45, 2.75) is 18.7 Å². The van der Waals surface area contributed by atoms with Gasteiger partial charge in [-0.15, -0.1) is 0 Å². The van der Waals surface area contributed by atoms with Crippen LogP contribution in [0.25, 0.3) is 0 Å². The van der Waals surface area contributed by atoms with Crippen LogP contribution in [0.4, 0.5) is 5.69 Å². The summed E-state index contributed by atoms with van der Waals surface area (Å²) in [6, 6.07) is 11.9. The highest BCUT2D eigenvalue weighted by Gasteiger charge is 2.25. The third kappa shape index (κ3) is 4.95. The zero-order valence-corrected chi connectivity index (χ0v) is 17.8. The van der Waals surface area contributed by atoms with Crippen molar-refractivity contribution in [2.75, 3.05) is 25.5 Å². The van der Waals surface area contributed by atoms with Crippen molar-refractivity contribution in [1.82, 2.24) is 4.31 Å². The van der Waals surface area contributed by atoms with Gasteiger partial charge in [0.25, 0.3) is 0 Å². The van der Waals surface area contributed by atoms with Gasteiger partial charge in [0.1, 0.15) is 5.75 Å². The van der Waals surface area contributed by atoms with Crippen LogP contribution in [0.3, 0.4) is 0 Å². The minimum Gasteiger partial charge on any atom is -0.496 e. The monoisotopic (exact) mass is 488 g/mol. The predicted molar refractivity (Wildman–Crippen MR) is 110 cm³/mol. The third-order valence-electron chi connectivity index (χ3n) is 3.80. The average molecular weight is 488 g/mol. The standard InChI is InChI=1S/C18H21IN2O4S/c1-4-21(12-18(22)20-15-7-5-14(19)6-8-15)26(23,24)16-9-10-17(25-3)13(2)11-16/h5-11H,4,12H2,1-3H3,(H,20,22). The van der Waals surface area contributed by atoms with Crippen LogP contribution in [-0.2, 0) is 14.8 Å². The second-order valence-corrected chi connectivity index (χ2v) is 8.80. The van der Waals surface area contributed by atoms with E-state index in [2.05, 4.69) is 27.9 Å². The maximum Gasteiger partial charge on any atom is 0.243 e. The van der Waals surface area contributed by atoms with E-state index >= 15 is 0 Å². The zero-order chi connectivity index (χ0) is 19.3. The van der Waals surface area contributed by atoms with E-state index in [9.17, 15) is 13.2 Å². The van der Waals surface area contributed by atoms with Gasteiger partial charge in [-0.05, 0) is 77.5 Å². The van der Waals surface area contributed by atoms with Crippen LogP contribution in [0, 0.1) is 10.5 Å². The van der Waals surface area contributed by atoms with Crippen LogP contribution in [0.5, 0.6) is 5.75 Å². The van der Waals surface area contributed by atoms with E-state index in [0.29, 0.717) is 17.0 Å². The number of nitrogens with one attached hydrogen (secondary N) is 1. The third-order valence-corrected chi connectivity index (χ3v) is 6.44. The molecule has 2 aromatic rings. The average Bonchev–Trinajstić information content (AvgIpc) is 2.61. The van der Waals surface area contributed by atoms with Crippen molar-refractivity contribution in [3.05, 3.63) is 51.6 Å². The summed E-state index contributed by atoms with van der Waals surface area (Å²) in [7, 11) is -2.25. The van der Waals surface area contributed by atoms with E-state index in [4.69, 9.17) is 4.74 Å². The molecule has 1 amide bonds. The Balaban J connectivity index is 2.16. The molecule has 2 aromatic carbocycles. The van der Waals surface area contributed by atoms with Crippen molar-refractivity contribution < 1.29 is 17.9 Å². The quantitative estimate of drug-likeness (QED) is 0.608. The van der Waals surface area contributed by atoms with Gasteiger partial charge < -0.3 is 10.1 Å². The summed E-state index contributed by atoms with van der Waals surface area (Å²) in [5.74, 6) is 0.227. The zero-order valence-electron chi connectivity index (χ0n) is 14.8. The van der Waals surface area contributed by atoms with Crippen molar-refractivity contribution >= 4 is 44.2 Å². The topological polar surface area (TPSA) is 75.7 Å². The lowest BCUT2D eigenvalue weighted by atomic mass is 10.2. The van der Waals surface area contributed by atoms with Gasteiger partial charge in [-0.1, -0.05) is 6.92 Å². The molecule has 0 spiro atoms. The van der Waals surface area contributed by atoms with Gasteiger partial charge in [-0.3, -0.25) is 4.79 Å². The molecule has 0 heterocycles. The Hall–Kier alpha value is -1.65. The van der Waals surface area contributed by atoms with E-state index in [1.807, 2.05) is 12.1 Å². The number of aryl methyl sites for hydroxylation is 1. The summed E-state index contributed by atoms with van der Waals surface area (Å²) >= 11 is 2.17. The number of carbonyl (C=O) groups excluding carboxylic acids is 1. The van der Waals surface area contributed by atoms with Gasteiger partial charge in [-0.25, -0.2) is 8.42 Å². The van der Waals surface area contributed by atoms with Gasteiger partial charge in [0.05, 0.1) is 18.6 Å². The summed E-state index contributed by atoms with van der Waals surface area (Å²) in [5.41, 5.74) is 1.34. The molecule has 6 nitrogen and oxygen atoms in total. The number of methoxy groups -OCH3 is 1. The number of likely N-dealkylation sites (N-methyl/N-ethyl adjacent to an activating group) is 1. The lowest BCUT2D eigenvalue weighted by Gasteiger charge is -2.20. The number of nitrogens with zero attached hydrogens (tertiary/aromatic N) is 1. The van der Waals surface area contributed by atoms with Crippen LogP contribution in [0.15, 0.2) is 47.4 Å². The molecule has 2 rings (SSSR count). The molecule has 0 aliphatic rings. The van der Waals surface area contributed by atoms with Gasteiger partial charge in [-0.2, -0.15) is 4.31 Å². The fourth-order valence-electron chi connectivity index (χ4n) is 2.42. The number of benzene rings is 2. The molecule has 26 heavy (non-hydrogen) atoms. The number of hydrogen-bond acceptors (Lipinski definition) is 4. The Kier molecular flexibility index (Phi) is 7.01. The Bertz CT molecular complexity index is 883. The van der Waals surface area contributed by atoms with E-state index in [1.54, 1.807) is 38.1 Å². The summed E-state index contributed by atoms with van der Waals surface area (Å²) in [6.07, 6.45) is 0. The van der Waals surface area contributed by atoms with E-state index < -0.39 is 10.0 Å². The lowest BCUT2D eigenvalue weighted by molar-refractivity contribution is -0.116. The van der Waals surface area contributed by atoms with Crippen molar-refractivity contribution in [2.24, 2.45) is 0 Å². The van der Waals surface area contributed by atoms with Crippen LogP contribution in [0.2, 0.25) is 0 Å². The SMILES string of the molecule is CCN(CC(=O)Nc1ccc(I)cc1)S(=O)(=O)c1ccc(OC)c(C)c1. The molecule has 0 aliphatic heterocycles. The Morgan fingerprint density at radius 2 is 1.85 bits per heavy atom. The van der Waals surface area contributed by atoms with E-state index in [0.717, 1.165) is 7.88 Å². The number of rotatable bonds is 7. The lowest BCUT2D eigenvalue weighted by Crippen LogP contribution is -2.37. The number of carbonyl (C=O) groups is 1. The number of ether oxygens (including phenoxy) is 1. The largest absolute Gasteiger partial charge is 0.496 e. The number of anilines is 1. The van der Waals surface area contributed by atoms with Crippen LogP contribution < -0.4 is 10.1 Å². The van der Waals surface area contributed by atoms with Gasteiger partial charge >= 0.3 is 0 Å². The van der Waals surface area contributed by atoms with Gasteiger partial charge in [0.2, 0.25) is 15.9 Å². The number of amides is 1. The molecule has 0 saturated carbocycles. The van der Waals surface area contributed by atoms with Gasteiger partial charge in [0, 0.05) is 15.8 Å². The van der Waals surface area contributed by atoms with Crippen LogP contribution in [-0.4, -0.2) is 38.8 Å². The highest BCUT2D eigenvalue weighted by atomic mass is 127. The molecule has 0 aliphatic carbocycles. The summed E-state index contributed by atoms with van der Waals surface area (Å²) in [6.45, 7) is 3.41. The van der Waals surface area contributed by atoms with Crippen molar-refractivity contribution in [1.29, 1.82) is 0 Å². The highest BCUT2D eigenvalue weighted by molar-refractivity contribution is 14.1. The number of sulfonamides is 1. The number of halogens is 1. The Morgan fingerprint density at radius 3 is 2.38 bits per heavy atom. The van der Waals surface area contributed by atoms with Gasteiger partial charge in [0.15, 0.2) is 0 Å². The highest BCUT2D eigenvalue weighted by Crippen LogP contribution is 2.23. The first-order valence-electron chi connectivity index (χ1n) is 7.98. The molecule has 0 unspecified atom stereocenters. The molecule has 140 valence electrons. The minimum atomic E-state index is -3.78. The molecule has 0 radical (unpaired) electrons. The summed E-state index contributed by atoms with van der Waals surface area (Å²) < 4.78 is 33.1. The first-order chi connectivity index (χ1) is 12.3. The molecular weight excluding hydrogens is 467 g/mol. The molecule has 0 aromatic heterocycles. The molecule has 0 saturated heterocycles. The number of hydrogen-bond donors (Lipinski definition) is 1. The molecule has 0 bridgehead atoms. The van der Waals surface area contributed by atoms with Crippen molar-refractivity contribution in [3.8, 4) is 5.75 Å². The van der Waals surface area contributed by atoms with Crippen molar-refractivity contribution in [3.63, 3.8) is 0 Å². The Labute approximate surface area is 167 Å². The van der Waals surface area contributed by atoms with Crippen LogP contribution >= 0.6 is 22.6 Å². The summed E-state index contributed by atoms with van der Waals surface area (Å²) in [4.78, 5) is 12.4. The minimum absolute atomic E-state index is 0.139. The molecule has 1 N–H and O–H groups in total. The van der Waals surface area contributed by atoms with Crippen LogP contribution in [0.1, 0.15) is 12.5 Å².